The van der Waals surface area contributed by atoms with Gasteiger partial charge in [0.05, 0.1) is 0 Å². The summed E-state index contributed by atoms with van der Waals surface area (Å²) in [7, 11) is 0. The van der Waals surface area contributed by atoms with E-state index in [0.717, 1.165) is 31.9 Å². The van der Waals surface area contributed by atoms with Gasteiger partial charge >= 0.3 is 6.18 Å². The Bertz CT molecular complexity index is 1010. The minimum absolute atomic E-state index is 0.0915. The molecule has 0 atom stereocenters. The Labute approximate surface area is 171 Å². The maximum atomic E-state index is 12.9. The van der Waals surface area contributed by atoms with E-state index >= 15 is 0 Å². The lowest BCUT2D eigenvalue weighted by Gasteiger charge is -2.29. The fourth-order valence-electron chi connectivity index (χ4n) is 3.82. The molecule has 2 N–H and O–H groups in total. The molecule has 0 saturated heterocycles. The van der Waals surface area contributed by atoms with Gasteiger partial charge in [-0.05, 0) is 55.9 Å². The monoisotopic (exact) mass is 417 g/mol. The summed E-state index contributed by atoms with van der Waals surface area (Å²) in [6.45, 7) is 0.656. The smallest absolute Gasteiger partial charge is 0.371 e. The molecule has 1 aliphatic carbocycles. The predicted molar refractivity (Wildman–Crippen MR) is 106 cm³/mol. The number of carbonyl (C=O) groups excluding carboxylic acids is 1. The van der Waals surface area contributed by atoms with Crippen LogP contribution in [0.5, 0.6) is 0 Å². The second-order valence-electron chi connectivity index (χ2n) is 7.57. The summed E-state index contributed by atoms with van der Waals surface area (Å²) in [5, 5.41) is 6.33. The summed E-state index contributed by atoms with van der Waals surface area (Å²) >= 11 is 0. The molecule has 0 bridgehead atoms. The van der Waals surface area contributed by atoms with Gasteiger partial charge in [0, 0.05) is 36.7 Å². The summed E-state index contributed by atoms with van der Waals surface area (Å²) in [5.41, 5.74) is -0.0440. The molecule has 4 rings (SSSR count). The van der Waals surface area contributed by atoms with Crippen LogP contribution in [0, 0.1) is 5.92 Å². The van der Waals surface area contributed by atoms with Crippen LogP contribution in [-0.4, -0.2) is 32.9 Å². The summed E-state index contributed by atoms with van der Waals surface area (Å²) in [6.07, 6.45) is 3.34. The van der Waals surface area contributed by atoms with Crippen molar-refractivity contribution in [1.29, 1.82) is 0 Å². The molecule has 158 valence electrons. The van der Waals surface area contributed by atoms with E-state index in [4.69, 9.17) is 0 Å². The highest BCUT2D eigenvalue weighted by Gasteiger charge is 2.34. The Morgan fingerprint density at radius 2 is 1.83 bits per heavy atom. The molecule has 1 saturated carbocycles. The molecule has 0 radical (unpaired) electrons. The van der Waals surface area contributed by atoms with Crippen molar-refractivity contribution in [2.75, 3.05) is 11.9 Å². The van der Waals surface area contributed by atoms with Gasteiger partial charge in [-0.2, -0.15) is 13.2 Å². The molecule has 0 aromatic carbocycles. The number of nitrogens with zero attached hydrogens (tertiary/aromatic N) is 3. The maximum absolute atomic E-state index is 12.9. The molecule has 0 spiro atoms. The third-order valence-electron chi connectivity index (χ3n) is 5.48. The molecule has 1 aliphatic rings. The van der Waals surface area contributed by atoms with Crippen LogP contribution in [0.25, 0.3) is 5.65 Å². The van der Waals surface area contributed by atoms with Gasteiger partial charge in [0.25, 0.3) is 5.91 Å². The van der Waals surface area contributed by atoms with E-state index in [2.05, 4.69) is 20.6 Å². The SMILES string of the molecule is O=C(NC1CCC(CNc2cccc3nc(C(F)(F)F)cn23)CC1)c1ccncc1. The van der Waals surface area contributed by atoms with Gasteiger partial charge in [0.2, 0.25) is 0 Å². The van der Waals surface area contributed by atoms with E-state index in [1.807, 2.05) is 0 Å². The van der Waals surface area contributed by atoms with Crippen LogP contribution in [0.15, 0.2) is 48.9 Å². The van der Waals surface area contributed by atoms with Gasteiger partial charge in [-0.25, -0.2) is 4.98 Å². The molecular weight excluding hydrogens is 395 g/mol. The van der Waals surface area contributed by atoms with Crippen molar-refractivity contribution < 1.29 is 18.0 Å². The zero-order valence-electron chi connectivity index (χ0n) is 16.2. The molecule has 6 nitrogen and oxygen atoms in total. The molecular formula is C21H22F3N5O. The molecule has 1 fully saturated rings. The second-order valence-corrected chi connectivity index (χ2v) is 7.57. The van der Waals surface area contributed by atoms with Crippen molar-refractivity contribution in [3.8, 4) is 0 Å². The van der Waals surface area contributed by atoms with E-state index in [1.165, 1.54) is 4.40 Å². The number of anilines is 1. The van der Waals surface area contributed by atoms with E-state index in [9.17, 15) is 18.0 Å². The average Bonchev–Trinajstić information content (AvgIpc) is 3.19. The van der Waals surface area contributed by atoms with Crippen molar-refractivity contribution >= 4 is 17.4 Å². The number of alkyl halides is 3. The van der Waals surface area contributed by atoms with Gasteiger partial charge in [0.15, 0.2) is 5.69 Å². The highest BCUT2D eigenvalue weighted by atomic mass is 19.4. The molecule has 1 amide bonds. The number of imidazole rings is 1. The standard InChI is InChI=1S/C21H22F3N5O/c22-21(23,24)17-13-29-18(2-1-3-19(29)28-17)26-12-14-4-6-16(7-5-14)27-20(30)15-8-10-25-11-9-15/h1-3,8-11,13-14,16,26H,4-7,12H2,(H,27,30). The fraction of sp³-hybridized carbons (Fsp3) is 0.381. The first-order chi connectivity index (χ1) is 14.4. The van der Waals surface area contributed by atoms with Gasteiger partial charge in [-0.1, -0.05) is 6.07 Å². The Morgan fingerprint density at radius 3 is 2.53 bits per heavy atom. The van der Waals surface area contributed by atoms with Crippen molar-refractivity contribution in [3.05, 3.63) is 60.2 Å². The topological polar surface area (TPSA) is 71.3 Å². The number of hydrogen-bond acceptors (Lipinski definition) is 4. The van der Waals surface area contributed by atoms with Crippen LogP contribution in [0.3, 0.4) is 0 Å². The number of halogens is 3. The molecule has 9 heteroatoms. The molecule has 0 aliphatic heterocycles. The van der Waals surface area contributed by atoms with E-state index in [-0.39, 0.29) is 17.6 Å². The number of hydrogen-bond donors (Lipinski definition) is 2. The Hall–Kier alpha value is -3.10. The number of amides is 1. The number of carbonyl (C=O) groups is 1. The van der Waals surface area contributed by atoms with Crippen molar-refractivity contribution in [1.82, 2.24) is 19.7 Å². The lowest BCUT2D eigenvalue weighted by atomic mass is 9.86. The van der Waals surface area contributed by atoms with E-state index < -0.39 is 11.9 Å². The van der Waals surface area contributed by atoms with Gasteiger partial charge in [0.1, 0.15) is 11.5 Å². The summed E-state index contributed by atoms with van der Waals surface area (Å²) < 4.78 is 40.3. The average molecular weight is 417 g/mol. The molecule has 3 aromatic heterocycles. The maximum Gasteiger partial charge on any atom is 0.434 e. The Balaban J connectivity index is 1.31. The van der Waals surface area contributed by atoms with Crippen LogP contribution >= 0.6 is 0 Å². The van der Waals surface area contributed by atoms with Crippen LogP contribution in [-0.2, 0) is 6.18 Å². The number of aromatic nitrogens is 3. The Kier molecular flexibility index (Phi) is 5.61. The predicted octanol–water partition coefficient (Wildman–Crippen LogP) is 4.15. The van der Waals surface area contributed by atoms with E-state index in [1.54, 1.807) is 42.7 Å². The molecule has 3 aromatic rings. The van der Waals surface area contributed by atoms with Gasteiger partial charge < -0.3 is 10.6 Å². The number of rotatable bonds is 5. The lowest BCUT2D eigenvalue weighted by Crippen LogP contribution is -2.38. The Morgan fingerprint density at radius 1 is 1.10 bits per heavy atom. The van der Waals surface area contributed by atoms with Crippen molar-refractivity contribution in [3.63, 3.8) is 0 Å². The van der Waals surface area contributed by atoms with Gasteiger partial charge in [-0.15, -0.1) is 0 Å². The first kappa shape index (κ1) is 20.2. The first-order valence-electron chi connectivity index (χ1n) is 9.90. The van der Waals surface area contributed by atoms with Crippen molar-refractivity contribution in [2.45, 2.75) is 37.9 Å². The normalized spacial score (nSPS) is 19.6. The van der Waals surface area contributed by atoms with Crippen molar-refractivity contribution in [2.24, 2.45) is 5.92 Å². The quantitative estimate of drug-likeness (QED) is 0.654. The third-order valence-corrected chi connectivity index (χ3v) is 5.48. The zero-order chi connectivity index (χ0) is 21.1. The van der Waals surface area contributed by atoms with Crippen LogP contribution in [0.1, 0.15) is 41.7 Å². The number of pyridine rings is 2. The fourth-order valence-corrected chi connectivity index (χ4v) is 3.82. The van der Waals surface area contributed by atoms with Crippen LogP contribution < -0.4 is 10.6 Å². The zero-order valence-corrected chi connectivity index (χ0v) is 16.2. The minimum atomic E-state index is -4.47. The first-order valence-corrected chi connectivity index (χ1v) is 9.90. The highest BCUT2D eigenvalue weighted by molar-refractivity contribution is 5.94. The second kappa shape index (κ2) is 8.33. The summed E-state index contributed by atoms with van der Waals surface area (Å²) in [5.74, 6) is 0.884. The summed E-state index contributed by atoms with van der Waals surface area (Å²) in [6, 6.07) is 8.49. The van der Waals surface area contributed by atoms with Gasteiger partial charge in [-0.3, -0.25) is 14.2 Å². The molecule has 0 unspecified atom stereocenters. The summed E-state index contributed by atoms with van der Waals surface area (Å²) in [4.78, 5) is 19.8. The van der Waals surface area contributed by atoms with E-state index in [0.29, 0.717) is 23.8 Å². The lowest BCUT2D eigenvalue weighted by molar-refractivity contribution is -0.140. The van der Waals surface area contributed by atoms with Crippen LogP contribution in [0.4, 0.5) is 19.0 Å². The molecule has 3 heterocycles. The van der Waals surface area contributed by atoms with Crippen LogP contribution in [0.2, 0.25) is 0 Å². The largest absolute Gasteiger partial charge is 0.434 e. The molecule has 30 heavy (non-hydrogen) atoms. The minimum Gasteiger partial charge on any atom is -0.371 e. The number of nitrogens with one attached hydrogen (secondary N) is 2. The third kappa shape index (κ3) is 4.55. The number of fused-ring (bicyclic) bond motifs is 1. The highest BCUT2D eigenvalue weighted by Crippen LogP contribution is 2.30.